The van der Waals surface area contributed by atoms with Gasteiger partial charge in [0.2, 0.25) is 8.32 Å². The van der Waals surface area contributed by atoms with Gasteiger partial charge in [-0.15, -0.1) is 0 Å². The minimum Gasteiger partial charge on any atom is -0.543 e. The Bertz CT molecular complexity index is 296. The van der Waals surface area contributed by atoms with Crippen LogP contribution in [0.1, 0.15) is 20.8 Å². The van der Waals surface area contributed by atoms with Crippen LogP contribution in [0.3, 0.4) is 0 Å². The van der Waals surface area contributed by atoms with Gasteiger partial charge >= 0.3 is 0 Å². The van der Waals surface area contributed by atoms with Crippen molar-refractivity contribution in [3.63, 3.8) is 0 Å². The van der Waals surface area contributed by atoms with Crippen molar-refractivity contribution in [3.8, 4) is 0 Å². The van der Waals surface area contributed by atoms with E-state index in [2.05, 4.69) is 47.0 Å². The molecule has 0 unspecified atom stereocenters. The van der Waals surface area contributed by atoms with Gasteiger partial charge in [0.05, 0.1) is 13.4 Å². The van der Waals surface area contributed by atoms with Crippen molar-refractivity contribution in [2.45, 2.75) is 38.9 Å². The van der Waals surface area contributed by atoms with Crippen molar-refractivity contribution in [3.05, 3.63) is 36.8 Å². The zero-order valence-corrected chi connectivity index (χ0v) is 12.4. The van der Waals surface area contributed by atoms with Gasteiger partial charge in [-0.25, -0.2) is 0 Å². The maximum Gasteiger partial charge on any atom is 0.250 e. The van der Waals surface area contributed by atoms with Crippen LogP contribution in [-0.2, 0) is 9.16 Å². The summed E-state index contributed by atoms with van der Waals surface area (Å²) in [5, 5.41) is 0.162. The molecule has 0 N–H and O–H groups in total. The molecule has 92 valence electrons. The Kier molecular flexibility index (Phi) is 5.07. The van der Waals surface area contributed by atoms with E-state index in [1.54, 1.807) is 19.4 Å². The molecule has 0 aromatic heterocycles. The number of hydrogen-bond acceptors (Lipinski definition) is 2. The van der Waals surface area contributed by atoms with Crippen molar-refractivity contribution in [2.75, 3.05) is 7.11 Å². The van der Waals surface area contributed by atoms with Gasteiger partial charge in [-0.3, -0.25) is 0 Å². The highest BCUT2D eigenvalue weighted by Gasteiger charge is 2.39. The zero-order valence-electron chi connectivity index (χ0n) is 11.4. The third-order valence-corrected chi connectivity index (χ3v) is 7.34. The third-order valence-electron chi connectivity index (χ3n) is 2.97. The van der Waals surface area contributed by atoms with Gasteiger partial charge in [0, 0.05) is 5.57 Å². The summed E-state index contributed by atoms with van der Waals surface area (Å²) >= 11 is 0. The molecule has 0 radical (unpaired) electrons. The summed E-state index contributed by atoms with van der Waals surface area (Å²) in [4.78, 5) is 0. The summed E-state index contributed by atoms with van der Waals surface area (Å²) < 4.78 is 11.0. The summed E-state index contributed by atoms with van der Waals surface area (Å²) in [6, 6.07) is 0. The highest BCUT2D eigenvalue weighted by atomic mass is 28.4. The standard InChI is InChI=1S/C13H24O2Si/c1-9-12(10-14-6)11(2)15-16(7,8)13(3,4)5/h9-10H,1-2H2,3-8H3/b12-10+. The summed E-state index contributed by atoms with van der Waals surface area (Å²) in [5.41, 5.74) is 0.798. The zero-order chi connectivity index (χ0) is 13.0. The molecule has 0 rings (SSSR count). The average Bonchev–Trinajstić information content (AvgIpc) is 2.11. The van der Waals surface area contributed by atoms with Crippen molar-refractivity contribution in [2.24, 2.45) is 0 Å². The Labute approximate surface area is 101 Å². The Balaban J connectivity index is 4.81. The molecule has 0 bridgehead atoms. The topological polar surface area (TPSA) is 18.5 Å². The molecule has 0 fully saturated rings. The van der Waals surface area contributed by atoms with E-state index in [1.165, 1.54) is 0 Å². The van der Waals surface area contributed by atoms with Crippen LogP contribution in [0.4, 0.5) is 0 Å². The average molecular weight is 240 g/mol. The monoisotopic (exact) mass is 240 g/mol. The Hall–Kier alpha value is -0.963. The maximum atomic E-state index is 6.03. The summed E-state index contributed by atoms with van der Waals surface area (Å²) in [6.45, 7) is 18.6. The molecule has 0 saturated heterocycles. The third kappa shape index (κ3) is 3.89. The molecule has 0 aliphatic rings. The van der Waals surface area contributed by atoms with Crippen LogP contribution >= 0.6 is 0 Å². The van der Waals surface area contributed by atoms with Gasteiger partial charge in [-0.2, -0.15) is 0 Å². The Morgan fingerprint density at radius 1 is 1.25 bits per heavy atom. The van der Waals surface area contributed by atoms with E-state index in [0.717, 1.165) is 5.57 Å². The molecule has 0 amide bonds. The lowest BCUT2D eigenvalue weighted by atomic mass is 10.2. The molecule has 0 aliphatic heterocycles. The van der Waals surface area contributed by atoms with Crippen LogP contribution in [0.15, 0.2) is 36.8 Å². The van der Waals surface area contributed by atoms with Crippen molar-refractivity contribution in [1.82, 2.24) is 0 Å². The molecule has 3 heteroatoms. The van der Waals surface area contributed by atoms with Gasteiger partial charge in [0.25, 0.3) is 0 Å². The molecule has 16 heavy (non-hydrogen) atoms. The van der Waals surface area contributed by atoms with E-state index >= 15 is 0 Å². The predicted molar refractivity (Wildman–Crippen MR) is 72.7 cm³/mol. The first-order valence-corrected chi connectivity index (χ1v) is 8.30. The summed E-state index contributed by atoms with van der Waals surface area (Å²) in [7, 11) is -0.219. The summed E-state index contributed by atoms with van der Waals surface area (Å²) in [6.07, 6.45) is 3.29. The fraction of sp³-hybridized carbons (Fsp3) is 0.538. The number of hydrogen-bond donors (Lipinski definition) is 0. The molecule has 0 aromatic carbocycles. The van der Waals surface area contributed by atoms with Crippen LogP contribution in [-0.4, -0.2) is 15.4 Å². The maximum absolute atomic E-state index is 6.03. The molecule has 0 atom stereocenters. The highest BCUT2D eigenvalue weighted by Crippen LogP contribution is 2.38. The molecule has 2 nitrogen and oxygen atoms in total. The summed E-state index contributed by atoms with van der Waals surface area (Å²) in [5.74, 6) is 0.642. The van der Waals surface area contributed by atoms with Crippen LogP contribution < -0.4 is 0 Å². The second-order valence-corrected chi connectivity index (χ2v) is 10.0. The largest absolute Gasteiger partial charge is 0.543 e. The van der Waals surface area contributed by atoms with Gasteiger partial charge in [-0.1, -0.05) is 40.0 Å². The first-order valence-electron chi connectivity index (χ1n) is 5.39. The number of ether oxygens (including phenoxy) is 1. The fourth-order valence-corrected chi connectivity index (χ4v) is 1.91. The first-order chi connectivity index (χ1) is 7.15. The van der Waals surface area contributed by atoms with Crippen molar-refractivity contribution < 1.29 is 9.16 Å². The predicted octanol–water partition coefficient (Wildman–Crippen LogP) is 4.24. The highest BCUT2D eigenvalue weighted by molar-refractivity contribution is 6.74. The van der Waals surface area contributed by atoms with Crippen LogP contribution in [0.5, 0.6) is 0 Å². The van der Waals surface area contributed by atoms with E-state index in [-0.39, 0.29) is 5.04 Å². The van der Waals surface area contributed by atoms with E-state index in [0.29, 0.717) is 5.76 Å². The van der Waals surface area contributed by atoms with Crippen LogP contribution in [0.25, 0.3) is 0 Å². The SMILES string of the molecule is C=C/C(=C\OC)C(=C)O[Si](C)(C)C(C)(C)C. The molecular formula is C13H24O2Si. The van der Waals surface area contributed by atoms with Gasteiger partial charge in [-0.05, 0) is 18.1 Å². The minimum absolute atomic E-state index is 0.162. The van der Waals surface area contributed by atoms with E-state index in [9.17, 15) is 0 Å². The second-order valence-electron chi connectivity index (χ2n) is 5.30. The molecule has 0 spiro atoms. The van der Waals surface area contributed by atoms with Crippen molar-refractivity contribution in [1.29, 1.82) is 0 Å². The fourth-order valence-electron chi connectivity index (χ4n) is 0.875. The quantitative estimate of drug-likeness (QED) is 0.406. The molecule has 0 aromatic rings. The Morgan fingerprint density at radius 2 is 1.75 bits per heavy atom. The van der Waals surface area contributed by atoms with E-state index in [1.807, 2.05) is 0 Å². The van der Waals surface area contributed by atoms with Gasteiger partial charge in [0.15, 0.2) is 0 Å². The smallest absolute Gasteiger partial charge is 0.250 e. The molecule has 0 aliphatic carbocycles. The molecular weight excluding hydrogens is 216 g/mol. The lowest BCUT2D eigenvalue weighted by molar-refractivity contribution is 0.329. The lowest BCUT2D eigenvalue weighted by Gasteiger charge is -2.37. The number of allylic oxidation sites excluding steroid dienone is 1. The lowest BCUT2D eigenvalue weighted by Crippen LogP contribution is -2.40. The van der Waals surface area contributed by atoms with Crippen LogP contribution in [0.2, 0.25) is 18.1 Å². The minimum atomic E-state index is -1.82. The number of methoxy groups -OCH3 is 1. The van der Waals surface area contributed by atoms with Gasteiger partial charge in [0.1, 0.15) is 5.76 Å². The number of rotatable bonds is 5. The van der Waals surface area contributed by atoms with E-state index < -0.39 is 8.32 Å². The normalized spacial score (nSPS) is 13.2. The Morgan fingerprint density at radius 3 is 2.06 bits per heavy atom. The van der Waals surface area contributed by atoms with Crippen molar-refractivity contribution >= 4 is 8.32 Å². The van der Waals surface area contributed by atoms with E-state index in [4.69, 9.17) is 9.16 Å². The van der Waals surface area contributed by atoms with Gasteiger partial charge < -0.3 is 9.16 Å². The van der Waals surface area contributed by atoms with Crippen LogP contribution in [0, 0.1) is 0 Å². The molecule has 0 heterocycles. The molecule has 0 saturated carbocycles. The second kappa shape index (κ2) is 5.39. The first kappa shape index (κ1) is 15.0.